The number of nitrogens with one attached hydrogen (secondary N) is 1. The molecule has 1 aliphatic rings. The van der Waals surface area contributed by atoms with Crippen LogP contribution in [0.5, 0.6) is 0 Å². The largest absolute Gasteiger partial charge is 0.465 e. The smallest absolute Gasteiger partial charge is 0.244 e. The maximum atomic E-state index is 11.7. The van der Waals surface area contributed by atoms with Crippen molar-refractivity contribution in [2.24, 2.45) is 0 Å². The summed E-state index contributed by atoms with van der Waals surface area (Å²) in [6, 6.07) is 7.61. The van der Waals surface area contributed by atoms with Crippen molar-refractivity contribution in [1.82, 2.24) is 10.3 Å². The van der Waals surface area contributed by atoms with Gasteiger partial charge in [-0.25, -0.2) is 4.98 Å². The summed E-state index contributed by atoms with van der Waals surface area (Å²) in [6.45, 7) is 2.63. The summed E-state index contributed by atoms with van der Waals surface area (Å²) in [5.41, 5.74) is 0.989. The Morgan fingerprint density at radius 1 is 1.32 bits per heavy atom. The standard InChI is InChI=1S/C17H19N3O2/c21-17(8-6-15-4-3-11-22-15)19-13-14-5-7-16(18-12-14)20-9-1-2-10-20/h3-8,11-12H,1-2,9-10,13H2,(H,19,21). The van der Waals surface area contributed by atoms with Crippen LogP contribution in [0.3, 0.4) is 0 Å². The van der Waals surface area contributed by atoms with Gasteiger partial charge >= 0.3 is 0 Å². The van der Waals surface area contributed by atoms with Gasteiger partial charge in [-0.2, -0.15) is 0 Å². The summed E-state index contributed by atoms with van der Waals surface area (Å²) < 4.78 is 5.13. The Morgan fingerprint density at radius 3 is 2.86 bits per heavy atom. The third-order valence-corrected chi connectivity index (χ3v) is 3.65. The Bertz CT molecular complexity index is 626. The molecule has 0 atom stereocenters. The summed E-state index contributed by atoms with van der Waals surface area (Å²) in [6.07, 6.45) is 8.98. The Hall–Kier alpha value is -2.56. The van der Waals surface area contributed by atoms with E-state index in [1.54, 1.807) is 24.5 Å². The topological polar surface area (TPSA) is 58.4 Å². The van der Waals surface area contributed by atoms with Gasteiger partial charge in [0, 0.05) is 31.9 Å². The molecule has 0 aromatic carbocycles. The summed E-state index contributed by atoms with van der Waals surface area (Å²) in [7, 11) is 0. The minimum absolute atomic E-state index is 0.153. The first kappa shape index (κ1) is 14.4. The molecular weight excluding hydrogens is 278 g/mol. The highest BCUT2D eigenvalue weighted by Crippen LogP contribution is 2.17. The minimum Gasteiger partial charge on any atom is -0.465 e. The maximum absolute atomic E-state index is 11.7. The van der Waals surface area contributed by atoms with Crippen molar-refractivity contribution in [3.8, 4) is 0 Å². The minimum atomic E-state index is -0.153. The lowest BCUT2D eigenvalue weighted by molar-refractivity contribution is -0.116. The highest BCUT2D eigenvalue weighted by atomic mass is 16.3. The van der Waals surface area contributed by atoms with E-state index in [4.69, 9.17) is 4.42 Å². The van der Waals surface area contributed by atoms with Gasteiger partial charge in [0.05, 0.1) is 6.26 Å². The van der Waals surface area contributed by atoms with E-state index in [1.165, 1.54) is 18.9 Å². The summed E-state index contributed by atoms with van der Waals surface area (Å²) in [4.78, 5) is 18.5. The van der Waals surface area contributed by atoms with E-state index in [-0.39, 0.29) is 5.91 Å². The summed E-state index contributed by atoms with van der Waals surface area (Å²) >= 11 is 0. The van der Waals surface area contributed by atoms with Gasteiger partial charge in [0.1, 0.15) is 11.6 Å². The van der Waals surface area contributed by atoms with Crippen molar-refractivity contribution in [2.45, 2.75) is 19.4 Å². The van der Waals surface area contributed by atoms with Crippen LogP contribution < -0.4 is 10.2 Å². The lowest BCUT2D eigenvalue weighted by atomic mass is 10.2. The van der Waals surface area contributed by atoms with Gasteiger partial charge in [-0.05, 0) is 42.7 Å². The molecule has 5 heteroatoms. The molecule has 1 amide bonds. The fourth-order valence-electron chi connectivity index (χ4n) is 2.45. The Labute approximate surface area is 129 Å². The average Bonchev–Trinajstić information content (AvgIpc) is 3.24. The molecular formula is C17H19N3O2. The second kappa shape index (κ2) is 6.93. The number of hydrogen-bond donors (Lipinski definition) is 1. The van der Waals surface area contributed by atoms with Gasteiger partial charge in [-0.3, -0.25) is 4.79 Å². The molecule has 3 rings (SSSR count). The number of pyridine rings is 1. The molecule has 0 radical (unpaired) electrons. The number of nitrogens with zero attached hydrogens (tertiary/aromatic N) is 2. The molecule has 0 saturated carbocycles. The van der Waals surface area contributed by atoms with E-state index in [9.17, 15) is 4.79 Å². The molecule has 22 heavy (non-hydrogen) atoms. The first-order valence-corrected chi connectivity index (χ1v) is 7.50. The molecule has 1 fully saturated rings. The lowest BCUT2D eigenvalue weighted by Gasteiger charge is -2.16. The van der Waals surface area contributed by atoms with Crippen LogP contribution in [0.1, 0.15) is 24.2 Å². The molecule has 5 nitrogen and oxygen atoms in total. The normalized spacial score (nSPS) is 14.6. The molecule has 2 aromatic rings. The molecule has 0 aliphatic carbocycles. The van der Waals surface area contributed by atoms with E-state index >= 15 is 0 Å². The molecule has 114 valence electrons. The van der Waals surface area contributed by atoms with Crippen LogP contribution in [0, 0.1) is 0 Å². The van der Waals surface area contributed by atoms with Crippen LogP contribution in [-0.4, -0.2) is 24.0 Å². The zero-order valence-corrected chi connectivity index (χ0v) is 12.4. The van der Waals surface area contributed by atoms with Crippen LogP contribution in [0.4, 0.5) is 5.82 Å². The average molecular weight is 297 g/mol. The first-order chi connectivity index (χ1) is 10.8. The fraction of sp³-hybridized carbons (Fsp3) is 0.294. The van der Waals surface area contributed by atoms with Crippen molar-refractivity contribution in [3.05, 3.63) is 54.1 Å². The predicted molar refractivity (Wildman–Crippen MR) is 85.3 cm³/mol. The molecule has 1 N–H and O–H groups in total. The van der Waals surface area contributed by atoms with E-state index in [2.05, 4.69) is 15.2 Å². The molecule has 0 spiro atoms. The molecule has 1 aliphatic heterocycles. The van der Waals surface area contributed by atoms with Crippen LogP contribution in [0.15, 0.2) is 47.2 Å². The van der Waals surface area contributed by atoms with Crippen molar-refractivity contribution >= 4 is 17.8 Å². The third kappa shape index (κ3) is 3.75. The zero-order valence-electron chi connectivity index (χ0n) is 12.4. The molecule has 2 aromatic heterocycles. The number of hydrogen-bond acceptors (Lipinski definition) is 4. The summed E-state index contributed by atoms with van der Waals surface area (Å²) in [5.74, 6) is 1.53. The van der Waals surface area contributed by atoms with Gasteiger partial charge in [0.15, 0.2) is 0 Å². The van der Waals surface area contributed by atoms with Gasteiger partial charge in [-0.1, -0.05) is 6.07 Å². The van der Waals surface area contributed by atoms with Crippen LogP contribution in [-0.2, 0) is 11.3 Å². The van der Waals surface area contributed by atoms with Crippen molar-refractivity contribution < 1.29 is 9.21 Å². The van der Waals surface area contributed by atoms with Crippen LogP contribution in [0.2, 0.25) is 0 Å². The van der Waals surface area contributed by atoms with Gasteiger partial charge in [-0.15, -0.1) is 0 Å². The van der Waals surface area contributed by atoms with E-state index in [0.717, 1.165) is 24.5 Å². The van der Waals surface area contributed by atoms with Crippen molar-refractivity contribution in [1.29, 1.82) is 0 Å². The molecule has 1 saturated heterocycles. The highest BCUT2D eigenvalue weighted by molar-refractivity contribution is 5.91. The quantitative estimate of drug-likeness (QED) is 0.862. The van der Waals surface area contributed by atoms with Gasteiger partial charge < -0.3 is 14.6 Å². The Kier molecular flexibility index (Phi) is 4.53. The van der Waals surface area contributed by atoms with E-state index in [0.29, 0.717) is 12.3 Å². The fourth-order valence-corrected chi connectivity index (χ4v) is 2.45. The number of carbonyl (C=O) groups excluding carboxylic acids is 1. The summed E-state index contributed by atoms with van der Waals surface area (Å²) in [5, 5.41) is 2.83. The number of amides is 1. The highest BCUT2D eigenvalue weighted by Gasteiger charge is 2.12. The van der Waals surface area contributed by atoms with Gasteiger partial charge in [0.25, 0.3) is 0 Å². The predicted octanol–water partition coefficient (Wildman–Crippen LogP) is 2.60. The lowest BCUT2D eigenvalue weighted by Crippen LogP contribution is -2.21. The van der Waals surface area contributed by atoms with Gasteiger partial charge in [0.2, 0.25) is 5.91 Å². The Balaban J connectivity index is 1.49. The Morgan fingerprint density at radius 2 is 2.18 bits per heavy atom. The number of rotatable bonds is 5. The van der Waals surface area contributed by atoms with Crippen molar-refractivity contribution in [2.75, 3.05) is 18.0 Å². The molecule has 3 heterocycles. The SMILES string of the molecule is O=C(C=Cc1ccco1)NCc1ccc(N2CCCC2)nc1. The second-order valence-electron chi connectivity index (χ2n) is 5.29. The molecule has 0 bridgehead atoms. The van der Waals surface area contributed by atoms with Crippen molar-refractivity contribution in [3.63, 3.8) is 0 Å². The number of furan rings is 1. The zero-order chi connectivity index (χ0) is 15.2. The molecule has 0 unspecified atom stereocenters. The third-order valence-electron chi connectivity index (χ3n) is 3.65. The van der Waals surface area contributed by atoms with Crippen LogP contribution in [0.25, 0.3) is 6.08 Å². The number of aromatic nitrogens is 1. The number of carbonyl (C=O) groups is 1. The monoisotopic (exact) mass is 297 g/mol. The van der Waals surface area contributed by atoms with Crippen LogP contribution >= 0.6 is 0 Å². The first-order valence-electron chi connectivity index (χ1n) is 7.50. The maximum Gasteiger partial charge on any atom is 0.244 e. The van der Waals surface area contributed by atoms with E-state index in [1.807, 2.05) is 18.3 Å². The van der Waals surface area contributed by atoms with E-state index < -0.39 is 0 Å². The number of anilines is 1. The second-order valence-corrected chi connectivity index (χ2v) is 5.29.